The molecule has 1 heterocycles. The Labute approximate surface area is 137 Å². The second-order valence-electron chi connectivity index (χ2n) is 6.60. The van der Waals surface area contributed by atoms with Crippen molar-refractivity contribution in [2.75, 3.05) is 0 Å². The maximum absolute atomic E-state index is 6.38. The molecule has 2 aliphatic rings. The summed E-state index contributed by atoms with van der Waals surface area (Å²) in [7, 11) is 0. The van der Waals surface area contributed by atoms with E-state index in [9.17, 15) is 0 Å². The highest BCUT2D eigenvalue weighted by molar-refractivity contribution is 5.22. The smallest absolute Gasteiger partial charge is 0.114 e. The van der Waals surface area contributed by atoms with Gasteiger partial charge in [-0.1, -0.05) is 58.1 Å². The quantitative estimate of drug-likeness (QED) is 0.717. The zero-order valence-corrected chi connectivity index (χ0v) is 15.0. The van der Waals surface area contributed by atoms with Crippen LogP contribution in [0.3, 0.4) is 0 Å². The van der Waals surface area contributed by atoms with Crippen molar-refractivity contribution >= 4 is 0 Å². The average Bonchev–Trinajstić information content (AvgIpc) is 2.96. The van der Waals surface area contributed by atoms with Crippen molar-refractivity contribution in [1.29, 1.82) is 0 Å². The summed E-state index contributed by atoms with van der Waals surface area (Å²) in [6.07, 6.45) is 13.7. The fourth-order valence-electron chi connectivity index (χ4n) is 3.15. The first-order valence-electron chi connectivity index (χ1n) is 9.02. The van der Waals surface area contributed by atoms with Crippen molar-refractivity contribution in [2.24, 2.45) is 17.6 Å². The minimum Gasteiger partial charge on any atom is -0.494 e. The van der Waals surface area contributed by atoms with Crippen molar-refractivity contribution in [1.82, 2.24) is 0 Å². The van der Waals surface area contributed by atoms with Gasteiger partial charge in [-0.15, -0.1) is 0 Å². The highest BCUT2D eigenvalue weighted by Crippen LogP contribution is 2.31. The number of allylic oxidation sites excluding steroid dienone is 5. The van der Waals surface area contributed by atoms with Gasteiger partial charge < -0.3 is 10.5 Å². The lowest BCUT2D eigenvalue weighted by Gasteiger charge is -2.28. The van der Waals surface area contributed by atoms with Gasteiger partial charge in [0.1, 0.15) is 6.10 Å². The molecule has 0 aromatic rings. The molecule has 2 rings (SSSR count). The van der Waals surface area contributed by atoms with Crippen molar-refractivity contribution in [3.8, 4) is 0 Å². The Hall–Kier alpha value is -1.02. The Kier molecular flexibility index (Phi) is 8.55. The molecular formula is C20H35NO. The molecule has 1 aliphatic carbocycles. The van der Waals surface area contributed by atoms with Gasteiger partial charge in [0.05, 0.1) is 5.76 Å². The van der Waals surface area contributed by atoms with Crippen molar-refractivity contribution in [2.45, 2.75) is 78.4 Å². The highest BCUT2D eigenvalue weighted by atomic mass is 16.5. The minimum atomic E-state index is 0.134. The van der Waals surface area contributed by atoms with Gasteiger partial charge in [0.2, 0.25) is 0 Å². The molecule has 1 saturated heterocycles. The summed E-state index contributed by atoms with van der Waals surface area (Å²) in [5.41, 5.74) is 7.87. The molecular weight excluding hydrogens is 270 g/mol. The summed E-state index contributed by atoms with van der Waals surface area (Å²) in [5, 5.41) is 0. The summed E-state index contributed by atoms with van der Waals surface area (Å²) >= 11 is 0. The van der Waals surface area contributed by atoms with E-state index in [4.69, 9.17) is 10.5 Å². The van der Waals surface area contributed by atoms with Crippen molar-refractivity contribution in [3.63, 3.8) is 0 Å². The molecule has 0 aromatic carbocycles. The molecule has 2 nitrogen and oxygen atoms in total. The molecule has 0 spiro atoms. The third kappa shape index (κ3) is 6.00. The number of rotatable bonds is 6. The second-order valence-corrected chi connectivity index (χ2v) is 6.60. The Balaban J connectivity index is 0.00000116. The molecule has 0 saturated carbocycles. The Morgan fingerprint density at radius 1 is 1.32 bits per heavy atom. The third-order valence-electron chi connectivity index (χ3n) is 4.59. The fourth-order valence-corrected chi connectivity index (χ4v) is 3.15. The van der Waals surface area contributed by atoms with Gasteiger partial charge in [0.15, 0.2) is 0 Å². The van der Waals surface area contributed by atoms with Crippen molar-refractivity contribution in [3.05, 3.63) is 36.1 Å². The summed E-state index contributed by atoms with van der Waals surface area (Å²) in [6.45, 7) is 12.5. The summed E-state index contributed by atoms with van der Waals surface area (Å²) < 4.78 is 5.75. The Morgan fingerprint density at radius 3 is 2.55 bits per heavy atom. The topological polar surface area (TPSA) is 35.2 Å². The molecule has 2 N–H and O–H groups in total. The molecule has 22 heavy (non-hydrogen) atoms. The van der Waals surface area contributed by atoms with Crippen LogP contribution in [0.5, 0.6) is 0 Å². The number of hydrogen-bond donors (Lipinski definition) is 1. The van der Waals surface area contributed by atoms with E-state index in [1.807, 2.05) is 13.8 Å². The van der Waals surface area contributed by atoms with Crippen LogP contribution in [-0.2, 0) is 4.74 Å². The number of hydrogen-bond acceptors (Lipinski definition) is 2. The minimum absolute atomic E-state index is 0.134. The largest absolute Gasteiger partial charge is 0.494 e. The molecule has 1 fully saturated rings. The maximum Gasteiger partial charge on any atom is 0.114 e. The summed E-state index contributed by atoms with van der Waals surface area (Å²) in [4.78, 5) is 0. The predicted molar refractivity (Wildman–Crippen MR) is 96.6 cm³/mol. The van der Waals surface area contributed by atoms with Crippen LogP contribution in [0.1, 0.15) is 66.2 Å². The van der Waals surface area contributed by atoms with Crippen LogP contribution >= 0.6 is 0 Å². The molecule has 0 aromatic heterocycles. The molecule has 0 amide bonds. The van der Waals surface area contributed by atoms with E-state index in [-0.39, 0.29) is 12.1 Å². The van der Waals surface area contributed by atoms with Crippen LogP contribution in [0, 0.1) is 11.8 Å². The molecule has 0 radical (unpaired) electrons. The lowest BCUT2D eigenvalue weighted by atomic mass is 9.82. The van der Waals surface area contributed by atoms with Gasteiger partial charge in [0, 0.05) is 12.5 Å². The lowest BCUT2D eigenvalue weighted by Crippen LogP contribution is -2.36. The van der Waals surface area contributed by atoms with Crippen LogP contribution < -0.4 is 5.73 Å². The maximum atomic E-state index is 6.38. The SMILES string of the molecule is C=C1CC[C@@H]([C@@H](N)CC(CC2=CCCC=C2)C(C)C)O1.CC. The van der Waals surface area contributed by atoms with Gasteiger partial charge in [-0.2, -0.15) is 0 Å². The van der Waals surface area contributed by atoms with E-state index in [0.717, 1.165) is 31.4 Å². The van der Waals surface area contributed by atoms with Crippen LogP contribution in [-0.4, -0.2) is 12.1 Å². The predicted octanol–water partition coefficient (Wildman–Crippen LogP) is 5.36. The monoisotopic (exact) mass is 305 g/mol. The average molecular weight is 306 g/mol. The van der Waals surface area contributed by atoms with Crippen LogP contribution in [0.15, 0.2) is 36.1 Å². The van der Waals surface area contributed by atoms with E-state index in [1.165, 1.54) is 18.4 Å². The molecule has 1 unspecified atom stereocenters. The van der Waals surface area contributed by atoms with Crippen molar-refractivity contribution < 1.29 is 4.74 Å². The Morgan fingerprint density at radius 2 is 2.05 bits per heavy atom. The van der Waals surface area contributed by atoms with Crippen LogP contribution in [0.4, 0.5) is 0 Å². The van der Waals surface area contributed by atoms with Gasteiger partial charge in [-0.25, -0.2) is 0 Å². The summed E-state index contributed by atoms with van der Waals surface area (Å²) in [5.74, 6) is 2.20. The first-order valence-corrected chi connectivity index (χ1v) is 9.02. The fraction of sp³-hybridized carbons (Fsp3) is 0.700. The number of ether oxygens (including phenoxy) is 1. The second kappa shape index (κ2) is 9.89. The van der Waals surface area contributed by atoms with E-state index in [1.54, 1.807) is 0 Å². The zero-order chi connectivity index (χ0) is 16.5. The lowest BCUT2D eigenvalue weighted by molar-refractivity contribution is 0.119. The van der Waals surface area contributed by atoms with E-state index >= 15 is 0 Å². The standard InChI is InChI=1S/C18H29NO.C2H6/c1-13(2)16(11-15-7-5-4-6-8-15)12-17(19)18-10-9-14(3)20-18;1-2/h5,7-8,13,16-18H,3-4,6,9-12,19H2,1-2H3;1-2H3/t16?,17-,18-;/m0./s1. The Bertz CT molecular complexity index is 395. The normalized spacial score (nSPS) is 23.5. The number of nitrogens with two attached hydrogens (primary N) is 1. The molecule has 2 heteroatoms. The molecule has 0 bridgehead atoms. The van der Waals surface area contributed by atoms with Gasteiger partial charge in [-0.05, 0) is 43.9 Å². The summed E-state index contributed by atoms with van der Waals surface area (Å²) in [6, 6.07) is 0.134. The van der Waals surface area contributed by atoms with Crippen LogP contribution in [0.25, 0.3) is 0 Å². The van der Waals surface area contributed by atoms with Crippen LogP contribution in [0.2, 0.25) is 0 Å². The van der Waals surface area contributed by atoms with Gasteiger partial charge in [-0.3, -0.25) is 0 Å². The molecule has 3 atom stereocenters. The van der Waals surface area contributed by atoms with E-state index in [2.05, 4.69) is 38.7 Å². The van der Waals surface area contributed by atoms with Gasteiger partial charge >= 0.3 is 0 Å². The molecule has 126 valence electrons. The van der Waals surface area contributed by atoms with Gasteiger partial charge in [0.25, 0.3) is 0 Å². The first kappa shape index (κ1) is 19.0. The zero-order valence-electron chi connectivity index (χ0n) is 15.0. The van der Waals surface area contributed by atoms with E-state index in [0.29, 0.717) is 11.8 Å². The molecule has 1 aliphatic heterocycles. The first-order chi connectivity index (χ1) is 10.6. The highest BCUT2D eigenvalue weighted by Gasteiger charge is 2.28. The van der Waals surface area contributed by atoms with E-state index < -0.39 is 0 Å². The third-order valence-corrected chi connectivity index (χ3v) is 4.59.